The van der Waals surface area contributed by atoms with E-state index in [9.17, 15) is 0 Å². The van der Waals surface area contributed by atoms with E-state index in [-0.39, 0.29) is 0 Å². The summed E-state index contributed by atoms with van der Waals surface area (Å²) in [6.07, 6.45) is 4.52. The Balaban J connectivity index is 2.23. The van der Waals surface area contributed by atoms with E-state index in [1.807, 2.05) is 12.3 Å². The molecule has 0 atom stereocenters. The Morgan fingerprint density at radius 2 is 2.33 bits per heavy atom. The fraction of sp³-hybridized carbons (Fsp3) is 0.300. The van der Waals surface area contributed by atoms with E-state index in [1.54, 1.807) is 0 Å². The standard InChI is InChI=1S/C10H10N2/c1-2-8-10(11-5-1)6-9(12-8)7-3-4-7/h1-2,5-7,12H,3-4H2. The van der Waals surface area contributed by atoms with Crippen LogP contribution in [0.15, 0.2) is 24.4 Å². The van der Waals surface area contributed by atoms with E-state index in [0.29, 0.717) is 0 Å². The van der Waals surface area contributed by atoms with Crippen molar-refractivity contribution in [3.05, 3.63) is 30.1 Å². The number of aromatic nitrogens is 2. The quantitative estimate of drug-likeness (QED) is 0.678. The molecule has 0 saturated heterocycles. The molecule has 2 heteroatoms. The molecular formula is C10H10N2. The van der Waals surface area contributed by atoms with Gasteiger partial charge in [0.05, 0.1) is 11.0 Å². The van der Waals surface area contributed by atoms with Gasteiger partial charge in [0.2, 0.25) is 0 Å². The van der Waals surface area contributed by atoms with Crippen molar-refractivity contribution in [2.24, 2.45) is 0 Å². The Morgan fingerprint density at radius 3 is 3.08 bits per heavy atom. The van der Waals surface area contributed by atoms with Crippen LogP contribution in [0.1, 0.15) is 24.5 Å². The van der Waals surface area contributed by atoms with Crippen LogP contribution in [0.4, 0.5) is 0 Å². The summed E-state index contributed by atoms with van der Waals surface area (Å²) in [6.45, 7) is 0. The first kappa shape index (κ1) is 6.23. The summed E-state index contributed by atoms with van der Waals surface area (Å²) < 4.78 is 0. The highest BCUT2D eigenvalue weighted by atomic mass is 14.8. The third kappa shape index (κ3) is 0.843. The van der Waals surface area contributed by atoms with Gasteiger partial charge in [0.25, 0.3) is 0 Å². The van der Waals surface area contributed by atoms with Gasteiger partial charge in [-0.05, 0) is 37.0 Å². The van der Waals surface area contributed by atoms with Crippen molar-refractivity contribution < 1.29 is 0 Å². The molecule has 1 fully saturated rings. The minimum absolute atomic E-state index is 0.791. The Bertz CT molecular complexity index is 379. The molecule has 60 valence electrons. The molecule has 3 rings (SSSR count). The normalized spacial score (nSPS) is 17.0. The highest BCUT2D eigenvalue weighted by Crippen LogP contribution is 2.40. The zero-order valence-corrected chi connectivity index (χ0v) is 6.75. The Hall–Kier alpha value is -1.31. The molecule has 0 spiro atoms. The predicted octanol–water partition coefficient (Wildman–Crippen LogP) is 2.44. The van der Waals surface area contributed by atoms with E-state index in [2.05, 4.69) is 22.1 Å². The molecule has 0 unspecified atom stereocenters. The van der Waals surface area contributed by atoms with Crippen LogP contribution < -0.4 is 0 Å². The Kier molecular flexibility index (Phi) is 1.09. The maximum Gasteiger partial charge on any atom is 0.0881 e. The number of hydrogen-bond acceptors (Lipinski definition) is 1. The van der Waals surface area contributed by atoms with E-state index >= 15 is 0 Å². The molecule has 2 aromatic rings. The lowest BCUT2D eigenvalue weighted by atomic mass is 10.3. The second-order valence-corrected chi connectivity index (χ2v) is 3.44. The van der Waals surface area contributed by atoms with Gasteiger partial charge in [-0.3, -0.25) is 4.98 Å². The lowest BCUT2D eigenvalue weighted by Crippen LogP contribution is -1.74. The van der Waals surface area contributed by atoms with Crippen LogP contribution in [-0.2, 0) is 0 Å². The number of fused-ring (bicyclic) bond motifs is 1. The average molecular weight is 158 g/mol. The van der Waals surface area contributed by atoms with Gasteiger partial charge in [0, 0.05) is 11.9 Å². The van der Waals surface area contributed by atoms with Gasteiger partial charge in [0.1, 0.15) is 0 Å². The third-order valence-electron chi connectivity index (χ3n) is 2.43. The number of rotatable bonds is 1. The van der Waals surface area contributed by atoms with E-state index < -0.39 is 0 Å². The van der Waals surface area contributed by atoms with Gasteiger partial charge in [-0.1, -0.05) is 0 Å². The van der Waals surface area contributed by atoms with Crippen molar-refractivity contribution in [3.8, 4) is 0 Å². The molecule has 0 radical (unpaired) electrons. The highest BCUT2D eigenvalue weighted by molar-refractivity contribution is 5.75. The van der Waals surface area contributed by atoms with Crippen LogP contribution in [0.3, 0.4) is 0 Å². The lowest BCUT2D eigenvalue weighted by molar-refractivity contribution is 1.06. The number of aromatic amines is 1. The summed E-state index contributed by atoms with van der Waals surface area (Å²) in [4.78, 5) is 7.68. The molecule has 1 aliphatic carbocycles. The largest absolute Gasteiger partial charge is 0.357 e. The highest BCUT2D eigenvalue weighted by Gasteiger charge is 2.25. The molecule has 0 amide bonds. The summed E-state index contributed by atoms with van der Waals surface area (Å²) in [6, 6.07) is 6.22. The van der Waals surface area contributed by atoms with E-state index in [4.69, 9.17) is 0 Å². The minimum Gasteiger partial charge on any atom is -0.357 e. The van der Waals surface area contributed by atoms with Crippen LogP contribution in [-0.4, -0.2) is 9.97 Å². The van der Waals surface area contributed by atoms with Crippen molar-refractivity contribution in [2.45, 2.75) is 18.8 Å². The molecule has 2 nitrogen and oxygen atoms in total. The molecule has 0 aliphatic heterocycles. The first-order chi connectivity index (χ1) is 5.93. The van der Waals surface area contributed by atoms with Crippen LogP contribution >= 0.6 is 0 Å². The first-order valence-corrected chi connectivity index (χ1v) is 4.37. The number of pyridine rings is 1. The van der Waals surface area contributed by atoms with Crippen LogP contribution in [0.2, 0.25) is 0 Å². The molecule has 0 bridgehead atoms. The van der Waals surface area contributed by atoms with Gasteiger partial charge in [-0.2, -0.15) is 0 Å². The second kappa shape index (κ2) is 2.09. The van der Waals surface area contributed by atoms with E-state index in [0.717, 1.165) is 11.4 Å². The smallest absolute Gasteiger partial charge is 0.0881 e. The van der Waals surface area contributed by atoms with E-state index in [1.165, 1.54) is 24.1 Å². The molecule has 1 aliphatic rings. The van der Waals surface area contributed by atoms with Crippen LogP contribution in [0, 0.1) is 0 Å². The molecule has 1 saturated carbocycles. The Morgan fingerprint density at radius 1 is 1.42 bits per heavy atom. The molecule has 0 aromatic carbocycles. The lowest BCUT2D eigenvalue weighted by Gasteiger charge is -1.86. The summed E-state index contributed by atoms with van der Waals surface area (Å²) in [7, 11) is 0. The average Bonchev–Trinajstić information content (AvgIpc) is 2.85. The van der Waals surface area contributed by atoms with Gasteiger partial charge >= 0.3 is 0 Å². The molecule has 12 heavy (non-hydrogen) atoms. The summed E-state index contributed by atoms with van der Waals surface area (Å²) in [5.41, 5.74) is 3.63. The van der Waals surface area contributed by atoms with Crippen molar-refractivity contribution in [1.29, 1.82) is 0 Å². The zero-order valence-electron chi connectivity index (χ0n) is 6.75. The maximum atomic E-state index is 4.28. The SMILES string of the molecule is c1cnc2cc(C3CC3)[nH]c2c1. The van der Waals surface area contributed by atoms with Gasteiger partial charge in [-0.25, -0.2) is 0 Å². The fourth-order valence-corrected chi connectivity index (χ4v) is 1.59. The predicted molar refractivity (Wildman–Crippen MR) is 48.1 cm³/mol. The summed E-state index contributed by atoms with van der Waals surface area (Å²) >= 11 is 0. The van der Waals surface area contributed by atoms with Gasteiger partial charge in [0.15, 0.2) is 0 Å². The van der Waals surface area contributed by atoms with Gasteiger partial charge < -0.3 is 4.98 Å². The van der Waals surface area contributed by atoms with Crippen LogP contribution in [0.5, 0.6) is 0 Å². The summed E-state index contributed by atoms with van der Waals surface area (Å²) in [5.74, 6) is 0.791. The van der Waals surface area contributed by atoms with Crippen LogP contribution in [0.25, 0.3) is 11.0 Å². The van der Waals surface area contributed by atoms with Gasteiger partial charge in [-0.15, -0.1) is 0 Å². The monoisotopic (exact) mass is 158 g/mol. The number of nitrogens with one attached hydrogen (secondary N) is 1. The summed E-state index contributed by atoms with van der Waals surface area (Å²) in [5, 5.41) is 0. The maximum absolute atomic E-state index is 4.28. The Labute approximate surface area is 70.6 Å². The van der Waals surface area contributed by atoms with Crippen molar-refractivity contribution in [3.63, 3.8) is 0 Å². The fourth-order valence-electron chi connectivity index (χ4n) is 1.59. The third-order valence-corrected chi connectivity index (χ3v) is 2.43. The minimum atomic E-state index is 0.791. The molecule has 1 N–H and O–H groups in total. The molecule has 2 aromatic heterocycles. The van der Waals surface area contributed by atoms with Crippen molar-refractivity contribution >= 4 is 11.0 Å². The van der Waals surface area contributed by atoms with Crippen molar-refractivity contribution in [2.75, 3.05) is 0 Å². The number of nitrogens with zero attached hydrogens (tertiary/aromatic N) is 1. The zero-order chi connectivity index (χ0) is 7.97. The first-order valence-electron chi connectivity index (χ1n) is 4.37. The molecule has 2 heterocycles. The number of hydrogen-bond donors (Lipinski definition) is 1. The second-order valence-electron chi connectivity index (χ2n) is 3.44. The topological polar surface area (TPSA) is 28.7 Å². The molecular weight excluding hydrogens is 148 g/mol. The van der Waals surface area contributed by atoms with Crippen molar-refractivity contribution in [1.82, 2.24) is 9.97 Å². The number of H-pyrrole nitrogens is 1.